The molecule has 0 saturated heterocycles. The van der Waals surface area contributed by atoms with Gasteiger partial charge >= 0.3 is 0 Å². The van der Waals surface area contributed by atoms with Crippen LogP contribution in [0.25, 0.3) is 0 Å². The second-order valence-electron chi connectivity index (χ2n) is 4.51. The molecule has 0 saturated carbocycles. The van der Waals surface area contributed by atoms with Gasteiger partial charge in [-0.15, -0.1) is 0 Å². The van der Waals surface area contributed by atoms with Gasteiger partial charge in [-0.1, -0.05) is 24.6 Å². The number of aliphatic hydroxyl groups excluding tert-OH is 1. The minimum Gasteiger partial charge on any atom is -0.388 e. The van der Waals surface area contributed by atoms with Crippen LogP contribution in [0.4, 0.5) is 4.39 Å². The highest BCUT2D eigenvalue weighted by Crippen LogP contribution is 2.21. The number of halogens is 2. The van der Waals surface area contributed by atoms with E-state index in [1.165, 1.54) is 12.1 Å². The summed E-state index contributed by atoms with van der Waals surface area (Å²) in [6.07, 6.45) is 4.10. The number of nitrogens with zero attached hydrogens (tertiary/aromatic N) is 2. The Bertz CT molecular complexity index is 556. The van der Waals surface area contributed by atoms with Crippen LogP contribution in [0.1, 0.15) is 30.6 Å². The first-order valence-electron chi connectivity index (χ1n) is 6.24. The Morgan fingerprint density at radius 1 is 1.47 bits per heavy atom. The highest BCUT2D eigenvalue weighted by Gasteiger charge is 2.12. The molecule has 102 valence electrons. The van der Waals surface area contributed by atoms with Gasteiger partial charge < -0.3 is 5.11 Å². The molecule has 0 aliphatic carbocycles. The van der Waals surface area contributed by atoms with Gasteiger partial charge in [-0.05, 0) is 24.1 Å². The average Bonchev–Trinajstić information content (AvgIpc) is 2.83. The van der Waals surface area contributed by atoms with Crippen molar-refractivity contribution in [1.29, 1.82) is 0 Å². The third-order valence-corrected chi connectivity index (χ3v) is 3.21. The summed E-state index contributed by atoms with van der Waals surface area (Å²) in [5.41, 5.74) is 1.45. The van der Waals surface area contributed by atoms with Crippen molar-refractivity contribution in [1.82, 2.24) is 9.78 Å². The van der Waals surface area contributed by atoms with Crippen LogP contribution in [0.5, 0.6) is 0 Å². The molecule has 5 heteroatoms. The summed E-state index contributed by atoms with van der Waals surface area (Å²) in [5.74, 6) is -0.465. The fourth-order valence-corrected chi connectivity index (χ4v) is 2.03. The first kappa shape index (κ1) is 14.0. The lowest BCUT2D eigenvalue weighted by molar-refractivity contribution is 0.178. The van der Waals surface area contributed by atoms with Crippen LogP contribution in [-0.4, -0.2) is 14.9 Å². The first-order valence-corrected chi connectivity index (χ1v) is 6.62. The summed E-state index contributed by atoms with van der Waals surface area (Å²) in [7, 11) is 0. The standard InChI is InChI=1S/C14H16ClFN2O/c1-2-5-18-9-11(8-17-18)14(19)7-10-3-4-12(15)13(16)6-10/h3-4,6,8-9,14,19H,2,5,7H2,1H3. The number of aryl methyl sites for hydroxylation is 1. The molecule has 0 bridgehead atoms. The normalized spacial score (nSPS) is 12.6. The maximum atomic E-state index is 13.3. The Labute approximate surface area is 116 Å². The quantitative estimate of drug-likeness (QED) is 0.913. The first-order chi connectivity index (χ1) is 9.10. The molecule has 0 fully saturated rings. The van der Waals surface area contributed by atoms with Crippen molar-refractivity contribution in [3.8, 4) is 0 Å². The van der Waals surface area contributed by atoms with E-state index in [-0.39, 0.29) is 5.02 Å². The average molecular weight is 283 g/mol. The topological polar surface area (TPSA) is 38.0 Å². The molecule has 0 aliphatic rings. The van der Waals surface area contributed by atoms with Crippen molar-refractivity contribution in [2.75, 3.05) is 0 Å². The molecule has 0 spiro atoms. The Morgan fingerprint density at radius 3 is 2.95 bits per heavy atom. The molecule has 3 nitrogen and oxygen atoms in total. The van der Waals surface area contributed by atoms with Gasteiger partial charge in [0.25, 0.3) is 0 Å². The lowest BCUT2D eigenvalue weighted by Crippen LogP contribution is -2.01. The van der Waals surface area contributed by atoms with Crippen LogP contribution >= 0.6 is 11.6 Å². The number of rotatable bonds is 5. The highest BCUT2D eigenvalue weighted by atomic mass is 35.5. The summed E-state index contributed by atoms with van der Waals surface area (Å²) in [6, 6.07) is 4.56. The van der Waals surface area contributed by atoms with Gasteiger partial charge in [0.05, 0.1) is 17.3 Å². The van der Waals surface area contributed by atoms with Crippen LogP contribution in [0.2, 0.25) is 5.02 Å². The van der Waals surface area contributed by atoms with Gasteiger partial charge in [-0.3, -0.25) is 4.68 Å². The molecule has 1 unspecified atom stereocenters. The van der Waals surface area contributed by atoms with Crippen molar-refractivity contribution in [3.05, 3.63) is 52.6 Å². The summed E-state index contributed by atoms with van der Waals surface area (Å²) < 4.78 is 15.1. The highest BCUT2D eigenvalue weighted by molar-refractivity contribution is 6.30. The third-order valence-electron chi connectivity index (χ3n) is 2.90. The molecule has 0 amide bonds. The molecule has 1 heterocycles. The zero-order chi connectivity index (χ0) is 13.8. The van der Waals surface area contributed by atoms with Crippen molar-refractivity contribution in [2.45, 2.75) is 32.4 Å². The van der Waals surface area contributed by atoms with E-state index in [1.54, 1.807) is 16.9 Å². The fraction of sp³-hybridized carbons (Fsp3) is 0.357. The second kappa shape index (κ2) is 6.17. The summed E-state index contributed by atoms with van der Waals surface area (Å²) >= 11 is 5.62. The van der Waals surface area contributed by atoms with Gasteiger partial charge in [0.1, 0.15) is 5.82 Å². The van der Waals surface area contributed by atoms with Crippen LogP contribution in [-0.2, 0) is 13.0 Å². The number of hydrogen-bond donors (Lipinski definition) is 1. The minimum atomic E-state index is -0.689. The molecule has 19 heavy (non-hydrogen) atoms. The molecule has 2 rings (SSSR count). The van der Waals surface area contributed by atoms with E-state index in [9.17, 15) is 9.50 Å². The molecule has 1 N–H and O–H groups in total. The summed E-state index contributed by atoms with van der Waals surface area (Å²) in [4.78, 5) is 0. The predicted molar refractivity (Wildman–Crippen MR) is 72.6 cm³/mol. The van der Waals surface area contributed by atoms with Crippen LogP contribution < -0.4 is 0 Å². The number of hydrogen-bond acceptors (Lipinski definition) is 2. The monoisotopic (exact) mass is 282 g/mol. The lowest BCUT2D eigenvalue weighted by Gasteiger charge is -2.08. The van der Waals surface area contributed by atoms with Gasteiger partial charge in [0.15, 0.2) is 0 Å². The Balaban J connectivity index is 2.06. The van der Waals surface area contributed by atoms with Crippen molar-refractivity contribution < 1.29 is 9.50 Å². The van der Waals surface area contributed by atoms with Crippen LogP contribution in [0.15, 0.2) is 30.6 Å². The zero-order valence-corrected chi connectivity index (χ0v) is 11.4. The molecule has 0 aliphatic heterocycles. The minimum absolute atomic E-state index is 0.0917. The molecular formula is C14H16ClFN2O. The van der Waals surface area contributed by atoms with Gasteiger partial charge in [-0.2, -0.15) is 5.10 Å². The van der Waals surface area contributed by atoms with Gasteiger partial charge in [-0.25, -0.2) is 4.39 Å². The molecule has 1 atom stereocenters. The van der Waals surface area contributed by atoms with E-state index in [4.69, 9.17) is 11.6 Å². The smallest absolute Gasteiger partial charge is 0.142 e. The molecular weight excluding hydrogens is 267 g/mol. The Hall–Kier alpha value is -1.39. The molecule has 1 aromatic carbocycles. The SMILES string of the molecule is CCCn1cc(C(O)Cc2ccc(Cl)c(F)c2)cn1. The molecule has 1 aromatic heterocycles. The van der Waals surface area contributed by atoms with Gasteiger partial charge in [0, 0.05) is 24.7 Å². The van der Waals surface area contributed by atoms with E-state index in [0.717, 1.165) is 18.5 Å². The maximum Gasteiger partial charge on any atom is 0.142 e. The van der Waals surface area contributed by atoms with Crippen LogP contribution in [0, 0.1) is 5.82 Å². The largest absolute Gasteiger partial charge is 0.388 e. The third kappa shape index (κ3) is 3.55. The zero-order valence-electron chi connectivity index (χ0n) is 10.7. The van der Waals surface area contributed by atoms with Crippen LogP contribution in [0.3, 0.4) is 0 Å². The summed E-state index contributed by atoms with van der Waals surface area (Å²) in [6.45, 7) is 2.89. The van der Waals surface area contributed by atoms with E-state index >= 15 is 0 Å². The van der Waals surface area contributed by atoms with E-state index < -0.39 is 11.9 Å². The van der Waals surface area contributed by atoms with Crippen molar-refractivity contribution in [3.63, 3.8) is 0 Å². The molecule has 0 radical (unpaired) electrons. The fourth-order valence-electron chi connectivity index (χ4n) is 1.91. The van der Waals surface area contributed by atoms with E-state index in [2.05, 4.69) is 12.0 Å². The molecule has 2 aromatic rings. The maximum absolute atomic E-state index is 13.3. The Morgan fingerprint density at radius 2 is 2.26 bits per heavy atom. The van der Waals surface area contributed by atoms with Gasteiger partial charge in [0.2, 0.25) is 0 Å². The number of benzene rings is 1. The second-order valence-corrected chi connectivity index (χ2v) is 4.91. The predicted octanol–water partition coefficient (Wildman–Crippen LogP) is 3.36. The number of aliphatic hydroxyl groups is 1. The number of aromatic nitrogens is 2. The van der Waals surface area contributed by atoms with Crippen molar-refractivity contribution in [2.24, 2.45) is 0 Å². The van der Waals surface area contributed by atoms with Crippen molar-refractivity contribution >= 4 is 11.6 Å². The summed E-state index contributed by atoms with van der Waals surface area (Å²) in [5, 5.41) is 14.4. The van der Waals surface area contributed by atoms with E-state index in [1.807, 2.05) is 6.20 Å². The van der Waals surface area contributed by atoms with E-state index in [0.29, 0.717) is 12.0 Å². The lowest BCUT2D eigenvalue weighted by atomic mass is 10.0. The Kier molecular flexibility index (Phi) is 4.56.